The van der Waals surface area contributed by atoms with E-state index in [9.17, 15) is 0 Å². The smallest absolute Gasteiger partial charge is 0.147 e. The molecule has 0 spiro atoms. The Kier molecular flexibility index (Phi) is 3.68. The molecule has 0 bridgehead atoms. The molecule has 1 aromatic rings. The number of rotatable bonds is 4. The van der Waals surface area contributed by atoms with Crippen molar-refractivity contribution in [1.82, 2.24) is 9.97 Å². The van der Waals surface area contributed by atoms with Gasteiger partial charge in [-0.15, -0.1) is 0 Å². The third kappa shape index (κ3) is 3.01. The fraction of sp³-hybridized carbons (Fsp3) is 0.600. The molecule has 0 aliphatic rings. The zero-order valence-corrected chi connectivity index (χ0v) is 8.59. The molecule has 72 valence electrons. The van der Waals surface area contributed by atoms with Crippen molar-refractivity contribution in [2.75, 3.05) is 11.9 Å². The molecule has 0 atom stereocenters. The minimum absolute atomic E-state index is 0.924. The molecule has 3 heteroatoms. The van der Waals surface area contributed by atoms with Crippen molar-refractivity contribution in [3.8, 4) is 0 Å². The summed E-state index contributed by atoms with van der Waals surface area (Å²) in [6.45, 7) is 7.09. The summed E-state index contributed by atoms with van der Waals surface area (Å²) in [6.07, 6.45) is 4.17. The highest BCUT2D eigenvalue weighted by Crippen LogP contribution is 2.08. The van der Waals surface area contributed by atoms with Crippen molar-refractivity contribution < 1.29 is 0 Å². The number of nitrogens with zero attached hydrogens (tertiary/aromatic N) is 2. The fourth-order valence-corrected chi connectivity index (χ4v) is 1.09. The number of hydrogen-bond acceptors (Lipinski definition) is 3. The van der Waals surface area contributed by atoms with Gasteiger partial charge in [0.05, 0.1) is 11.4 Å². The molecule has 0 aliphatic carbocycles. The Hall–Kier alpha value is -1.12. The third-order valence-corrected chi connectivity index (χ3v) is 1.90. The highest BCUT2D eigenvalue weighted by Gasteiger charge is 1.99. The summed E-state index contributed by atoms with van der Waals surface area (Å²) in [4.78, 5) is 8.60. The van der Waals surface area contributed by atoms with Crippen LogP contribution in [0.4, 0.5) is 5.82 Å². The Balaban J connectivity index is 2.59. The van der Waals surface area contributed by atoms with Crippen molar-refractivity contribution in [2.45, 2.75) is 33.6 Å². The molecule has 3 nitrogen and oxygen atoms in total. The Bertz CT molecular complexity index is 271. The van der Waals surface area contributed by atoms with E-state index < -0.39 is 0 Å². The summed E-state index contributed by atoms with van der Waals surface area (Å²) in [6, 6.07) is 0. The van der Waals surface area contributed by atoms with E-state index in [4.69, 9.17) is 0 Å². The van der Waals surface area contributed by atoms with Crippen molar-refractivity contribution in [1.29, 1.82) is 0 Å². The van der Waals surface area contributed by atoms with E-state index >= 15 is 0 Å². The van der Waals surface area contributed by atoms with Gasteiger partial charge in [-0.05, 0) is 20.3 Å². The van der Waals surface area contributed by atoms with E-state index in [1.807, 2.05) is 13.8 Å². The Labute approximate surface area is 79.6 Å². The van der Waals surface area contributed by atoms with Gasteiger partial charge >= 0.3 is 0 Å². The zero-order chi connectivity index (χ0) is 9.68. The van der Waals surface area contributed by atoms with Crippen LogP contribution in [0.5, 0.6) is 0 Å². The van der Waals surface area contributed by atoms with Gasteiger partial charge in [0.15, 0.2) is 0 Å². The maximum absolute atomic E-state index is 4.37. The van der Waals surface area contributed by atoms with Crippen LogP contribution in [0.3, 0.4) is 0 Å². The fourth-order valence-electron chi connectivity index (χ4n) is 1.09. The van der Waals surface area contributed by atoms with Crippen LogP contribution in [-0.4, -0.2) is 16.5 Å². The molecule has 0 saturated heterocycles. The molecule has 0 amide bonds. The van der Waals surface area contributed by atoms with E-state index in [1.54, 1.807) is 6.20 Å². The van der Waals surface area contributed by atoms with Gasteiger partial charge in [0, 0.05) is 12.7 Å². The molecule has 0 radical (unpaired) electrons. The van der Waals surface area contributed by atoms with Gasteiger partial charge < -0.3 is 5.32 Å². The lowest BCUT2D eigenvalue weighted by Crippen LogP contribution is -2.06. The van der Waals surface area contributed by atoms with Gasteiger partial charge in [0.25, 0.3) is 0 Å². The number of aryl methyl sites for hydroxylation is 2. The summed E-state index contributed by atoms with van der Waals surface area (Å²) in [5.74, 6) is 0.924. The highest BCUT2D eigenvalue weighted by atomic mass is 15.0. The lowest BCUT2D eigenvalue weighted by molar-refractivity contribution is 0.827. The number of nitrogens with one attached hydrogen (secondary N) is 1. The average molecular weight is 179 g/mol. The summed E-state index contributed by atoms with van der Waals surface area (Å²) < 4.78 is 0. The Morgan fingerprint density at radius 2 is 2.15 bits per heavy atom. The first kappa shape index (κ1) is 9.96. The zero-order valence-electron chi connectivity index (χ0n) is 8.59. The number of hydrogen-bond donors (Lipinski definition) is 1. The first-order valence-electron chi connectivity index (χ1n) is 4.78. The monoisotopic (exact) mass is 179 g/mol. The second-order valence-corrected chi connectivity index (χ2v) is 3.23. The van der Waals surface area contributed by atoms with Crippen LogP contribution in [0.15, 0.2) is 6.20 Å². The predicted octanol–water partition coefficient (Wildman–Crippen LogP) is 2.31. The lowest BCUT2D eigenvalue weighted by atomic mass is 10.3. The van der Waals surface area contributed by atoms with Crippen LogP contribution in [0, 0.1) is 13.8 Å². The maximum atomic E-state index is 4.37. The van der Waals surface area contributed by atoms with Crippen molar-refractivity contribution in [3.05, 3.63) is 17.6 Å². The largest absolute Gasteiger partial charge is 0.369 e. The van der Waals surface area contributed by atoms with E-state index in [-0.39, 0.29) is 0 Å². The van der Waals surface area contributed by atoms with Gasteiger partial charge in [0.1, 0.15) is 5.82 Å². The van der Waals surface area contributed by atoms with Crippen LogP contribution in [0.2, 0.25) is 0 Å². The lowest BCUT2D eigenvalue weighted by Gasteiger charge is -2.07. The van der Waals surface area contributed by atoms with Crippen molar-refractivity contribution >= 4 is 5.82 Å². The number of aromatic nitrogens is 2. The van der Waals surface area contributed by atoms with Gasteiger partial charge in [0.2, 0.25) is 0 Å². The normalized spacial score (nSPS) is 10.1. The average Bonchev–Trinajstić information content (AvgIpc) is 2.11. The van der Waals surface area contributed by atoms with Crippen LogP contribution in [-0.2, 0) is 0 Å². The SMILES string of the molecule is CCCCNc1nc(C)cnc1C. The minimum Gasteiger partial charge on any atom is -0.369 e. The molecule has 1 aromatic heterocycles. The molecule has 1 N–H and O–H groups in total. The Morgan fingerprint density at radius 1 is 1.38 bits per heavy atom. The van der Waals surface area contributed by atoms with Crippen LogP contribution < -0.4 is 5.32 Å². The Morgan fingerprint density at radius 3 is 2.85 bits per heavy atom. The van der Waals surface area contributed by atoms with E-state index in [2.05, 4.69) is 22.2 Å². The molecule has 1 heterocycles. The van der Waals surface area contributed by atoms with Crippen LogP contribution >= 0.6 is 0 Å². The molecule has 0 aromatic carbocycles. The molecule has 0 saturated carbocycles. The van der Waals surface area contributed by atoms with Gasteiger partial charge in [-0.3, -0.25) is 4.98 Å². The summed E-state index contributed by atoms with van der Waals surface area (Å²) in [5, 5.41) is 3.28. The van der Waals surface area contributed by atoms with Crippen molar-refractivity contribution in [3.63, 3.8) is 0 Å². The van der Waals surface area contributed by atoms with Crippen LogP contribution in [0.1, 0.15) is 31.2 Å². The van der Waals surface area contributed by atoms with E-state index in [1.165, 1.54) is 12.8 Å². The van der Waals surface area contributed by atoms with Crippen molar-refractivity contribution in [2.24, 2.45) is 0 Å². The number of unbranched alkanes of at least 4 members (excludes halogenated alkanes) is 1. The molecular weight excluding hydrogens is 162 g/mol. The topological polar surface area (TPSA) is 37.8 Å². The number of anilines is 1. The summed E-state index contributed by atoms with van der Waals surface area (Å²) in [5.41, 5.74) is 1.94. The van der Waals surface area contributed by atoms with Crippen LogP contribution in [0.25, 0.3) is 0 Å². The molecule has 0 unspecified atom stereocenters. The van der Waals surface area contributed by atoms with E-state index in [0.29, 0.717) is 0 Å². The quantitative estimate of drug-likeness (QED) is 0.721. The standard InChI is InChI=1S/C10H17N3/c1-4-5-6-11-10-9(3)12-7-8(2)13-10/h7H,4-6H2,1-3H3,(H,11,13). The second kappa shape index (κ2) is 4.80. The van der Waals surface area contributed by atoms with Gasteiger partial charge in [-0.2, -0.15) is 0 Å². The molecule has 13 heavy (non-hydrogen) atoms. The highest BCUT2D eigenvalue weighted by molar-refractivity contribution is 5.39. The third-order valence-electron chi connectivity index (χ3n) is 1.90. The predicted molar refractivity (Wildman–Crippen MR) is 54.9 cm³/mol. The maximum Gasteiger partial charge on any atom is 0.147 e. The first-order chi connectivity index (χ1) is 6.24. The van der Waals surface area contributed by atoms with Gasteiger partial charge in [-0.1, -0.05) is 13.3 Å². The summed E-state index contributed by atoms with van der Waals surface area (Å²) >= 11 is 0. The second-order valence-electron chi connectivity index (χ2n) is 3.23. The first-order valence-corrected chi connectivity index (χ1v) is 4.78. The molecule has 0 aliphatic heterocycles. The van der Waals surface area contributed by atoms with Gasteiger partial charge in [-0.25, -0.2) is 4.98 Å². The molecule has 1 rings (SSSR count). The summed E-state index contributed by atoms with van der Waals surface area (Å²) in [7, 11) is 0. The minimum atomic E-state index is 0.924. The van der Waals surface area contributed by atoms with E-state index in [0.717, 1.165) is 23.8 Å². The molecule has 0 fully saturated rings. The molecular formula is C10H17N3.